The van der Waals surface area contributed by atoms with Crippen LogP contribution in [0.5, 0.6) is 0 Å². The lowest BCUT2D eigenvalue weighted by Gasteiger charge is -2.32. The van der Waals surface area contributed by atoms with Gasteiger partial charge in [0.2, 0.25) is 0 Å². The zero-order valence-electron chi connectivity index (χ0n) is 12.6. The van der Waals surface area contributed by atoms with Gasteiger partial charge in [-0.2, -0.15) is 0 Å². The molecular formula is C15H32N2O. The van der Waals surface area contributed by atoms with Gasteiger partial charge in [0.05, 0.1) is 0 Å². The molecule has 0 radical (unpaired) electrons. The normalized spacial score (nSPS) is 16.1. The summed E-state index contributed by atoms with van der Waals surface area (Å²) in [4.78, 5) is 5.04. The molecule has 1 heterocycles. The lowest BCUT2D eigenvalue weighted by Crippen LogP contribution is -2.44. The minimum absolute atomic E-state index is 1.00. The van der Waals surface area contributed by atoms with Gasteiger partial charge in [-0.3, -0.25) is 0 Å². The van der Waals surface area contributed by atoms with Gasteiger partial charge in [0, 0.05) is 33.3 Å². The van der Waals surface area contributed by atoms with Crippen LogP contribution in [0.3, 0.4) is 0 Å². The average Bonchev–Trinajstić information content (AvgIpc) is 2.45. The molecule has 0 spiro atoms. The first-order chi connectivity index (χ1) is 8.83. The lowest BCUT2D eigenvalue weighted by molar-refractivity contribution is 0.152. The molecule has 3 heteroatoms. The molecule has 0 saturated carbocycles. The van der Waals surface area contributed by atoms with Crippen LogP contribution in [-0.4, -0.2) is 61.8 Å². The number of hydrogen-bond donors (Lipinski definition) is 1. The van der Waals surface area contributed by atoms with Gasteiger partial charge < -0.3 is 14.9 Å². The highest BCUT2D eigenvalue weighted by atomic mass is 16.2. The number of rotatable bonds is 6. The number of unbranched alkanes of at least 4 members (excludes halogenated alkanes) is 4. The van der Waals surface area contributed by atoms with Crippen LogP contribution in [0.1, 0.15) is 39.0 Å². The van der Waals surface area contributed by atoms with Crippen LogP contribution in [0.2, 0.25) is 0 Å². The fraction of sp³-hybridized carbons (Fsp3) is 0.867. The largest absolute Gasteiger partial charge is 0.400 e. The van der Waals surface area contributed by atoms with E-state index in [1.165, 1.54) is 64.8 Å². The summed E-state index contributed by atoms with van der Waals surface area (Å²) >= 11 is 0. The number of hydrogen-bond acceptors (Lipinski definition) is 3. The molecule has 1 fully saturated rings. The molecule has 0 aromatic rings. The maximum Gasteiger partial charge on any atom is 0.0319 e. The summed E-state index contributed by atoms with van der Waals surface area (Å²) in [5.41, 5.74) is 0. The van der Waals surface area contributed by atoms with Crippen molar-refractivity contribution in [1.82, 2.24) is 9.80 Å². The zero-order chi connectivity index (χ0) is 14.2. The van der Waals surface area contributed by atoms with Crippen molar-refractivity contribution in [1.29, 1.82) is 0 Å². The minimum atomic E-state index is 1.00. The molecule has 0 bridgehead atoms. The molecule has 1 aliphatic heterocycles. The Labute approximate surface area is 114 Å². The first kappa shape index (κ1) is 19.8. The van der Waals surface area contributed by atoms with Crippen LogP contribution < -0.4 is 0 Å². The highest BCUT2D eigenvalue weighted by Crippen LogP contribution is 2.05. The number of piperazine rings is 1. The molecule has 0 unspecified atom stereocenters. The van der Waals surface area contributed by atoms with E-state index < -0.39 is 0 Å². The maximum absolute atomic E-state index is 7.00. The van der Waals surface area contributed by atoms with E-state index in [-0.39, 0.29) is 0 Å². The van der Waals surface area contributed by atoms with Crippen molar-refractivity contribution in [3.05, 3.63) is 0 Å². The number of aliphatic hydroxyl groups excluding tert-OH is 1. The molecule has 18 heavy (non-hydrogen) atoms. The second-order valence-electron chi connectivity index (χ2n) is 4.56. The predicted octanol–water partition coefficient (Wildman–Crippen LogP) is 2.06. The number of likely N-dealkylation sites (N-methyl/N-ethyl adjacent to an activating group) is 1. The van der Waals surface area contributed by atoms with Crippen molar-refractivity contribution in [3.8, 4) is 12.8 Å². The first-order valence-corrected chi connectivity index (χ1v) is 7.02. The van der Waals surface area contributed by atoms with Gasteiger partial charge in [-0.15, -0.1) is 12.8 Å². The summed E-state index contributed by atoms with van der Waals surface area (Å²) in [5.74, 6) is 0. The van der Waals surface area contributed by atoms with Gasteiger partial charge in [-0.1, -0.05) is 32.6 Å². The third kappa shape index (κ3) is 11.9. The standard InChI is InChI=1S/C12H26N2.C2H2.CH4O/c1-3-4-5-6-7-8-14-11-9-13(2)10-12-14;2*1-2/h3-12H2,1-2H3;1-2H;2H,1H3. The molecule has 108 valence electrons. The van der Waals surface area contributed by atoms with E-state index in [1.54, 1.807) is 0 Å². The van der Waals surface area contributed by atoms with E-state index in [0.717, 1.165) is 7.11 Å². The monoisotopic (exact) mass is 256 g/mol. The molecule has 0 aromatic carbocycles. The van der Waals surface area contributed by atoms with Gasteiger partial charge in [0.25, 0.3) is 0 Å². The quantitative estimate of drug-likeness (QED) is 0.582. The Balaban J connectivity index is 0. The van der Waals surface area contributed by atoms with E-state index in [2.05, 4.69) is 36.6 Å². The van der Waals surface area contributed by atoms with E-state index in [4.69, 9.17) is 5.11 Å². The number of terminal acetylenes is 1. The Morgan fingerprint density at radius 2 is 1.39 bits per heavy atom. The lowest BCUT2D eigenvalue weighted by atomic mass is 10.1. The fourth-order valence-corrected chi connectivity index (χ4v) is 2.01. The summed E-state index contributed by atoms with van der Waals surface area (Å²) in [6.07, 6.45) is 15.0. The molecule has 1 rings (SSSR count). The van der Waals surface area contributed by atoms with Gasteiger partial charge in [-0.25, -0.2) is 0 Å². The molecular weight excluding hydrogens is 224 g/mol. The van der Waals surface area contributed by atoms with Crippen molar-refractivity contribution >= 4 is 0 Å². The Hall–Kier alpha value is -0.560. The summed E-state index contributed by atoms with van der Waals surface area (Å²) < 4.78 is 0. The first-order valence-electron chi connectivity index (χ1n) is 7.02. The topological polar surface area (TPSA) is 26.7 Å². The Bertz CT molecular complexity index is 163. The molecule has 0 amide bonds. The number of aliphatic hydroxyl groups is 1. The van der Waals surface area contributed by atoms with Crippen LogP contribution in [0.4, 0.5) is 0 Å². The highest BCUT2D eigenvalue weighted by molar-refractivity contribution is 4.68. The van der Waals surface area contributed by atoms with Crippen molar-refractivity contribution in [3.63, 3.8) is 0 Å². The van der Waals surface area contributed by atoms with Gasteiger partial charge in [-0.05, 0) is 20.0 Å². The molecule has 3 nitrogen and oxygen atoms in total. The third-order valence-corrected chi connectivity index (χ3v) is 3.17. The fourth-order valence-electron chi connectivity index (χ4n) is 2.01. The average molecular weight is 256 g/mol. The van der Waals surface area contributed by atoms with Crippen LogP contribution in [0.15, 0.2) is 0 Å². The van der Waals surface area contributed by atoms with Gasteiger partial charge in [0.15, 0.2) is 0 Å². The molecule has 0 aromatic heterocycles. The predicted molar refractivity (Wildman–Crippen MR) is 80.7 cm³/mol. The van der Waals surface area contributed by atoms with Crippen LogP contribution in [0, 0.1) is 12.8 Å². The maximum atomic E-state index is 7.00. The summed E-state index contributed by atoms with van der Waals surface area (Å²) in [6, 6.07) is 0. The van der Waals surface area contributed by atoms with Crippen molar-refractivity contribution < 1.29 is 5.11 Å². The van der Waals surface area contributed by atoms with Crippen LogP contribution in [0.25, 0.3) is 0 Å². The highest BCUT2D eigenvalue weighted by Gasteiger charge is 2.12. The molecule has 0 atom stereocenters. The SMILES string of the molecule is C#C.CCCCCCCN1CCN(C)CC1.CO. The van der Waals surface area contributed by atoms with Crippen molar-refractivity contribution in [2.24, 2.45) is 0 Å². The second kappa shape index (κ2) is 16.4. The Kier molecular flexibility index (Phi) is 18.1. The minimum Gasteiger partial charge on any atom is -0.400 e. The Morgan fingerprint density at radius 3 is 1.89 bits per heavy atom. The van der Waals surface area contributed by atoms with Crippen molar-refractivity contribution in [2.75, 3.05) is 46.9 Å². The van der Waals surface area contributed by atoms with E-state index in [0.29, 0.717) is 0 Å². The summed E-state index contributed by atoms with van der Waals surface area (Å²) in [7, 11) is 3.22. The number of nitrogens with zero attached hydrogens (tertiary/aromatic N) is 2. The van der Waals surface area contributed by atoms with E-state index in [9.17, 15) is 0 Å². The van der Waals surface area contributed by atoms with E-state index >= 15 is 0 Å². The third-order valence-electron chi connectivity index (χ3n) is 3.17. The van der Waals surface area contributed by atoms with Crippen molar-refractivity contribution in [2.45, 2.75) is 39.0 Å². The van der Waals surface area contributed by atoms with Crippen LogP contribution in [-0.2, 0) is 0 Å². The van der Waals surface area contributed by atoms with E-state index in [1.807, 2.05) is 0 Å². The molecule has 1 N–H and O–H groups in total. The smallest absolute Gasteiger partial charge is 0.0319 e. The second-order valence-corrected chi connectivity index (χ2v) is 4.56. The molecule has 1 aliphatic rings. The van der Waals surface area contributed by atoms with Gasteiger partial charge >= 0.3 is 0 Å². The summed E-state index contributed by atoms with van der Waals surface area (Å²) in [6.45, 7) is 8.69. The molecule has 0 aliphatic carbocycles. The van der Waals surface area contributed by atoms with Crippen LogP contribution >= 0.6 is 0 Å². The zero-order valence-corrected chi connectivity index (χ0v) is 12.6. The Morgan fingerprint density at radius 1 is 0.889 bits per heavy atom. The van der Waals surface area contributed by atoms with Gasteiger partial charge in [0.1, 0.15) is 0 Å². The molecule has 1 saturated heterocycles. The summed E-state index contributed by atoms with van der Waals surface area (Å²) in [5, 5.41) is 7.00.